The Labute approximate surface area is 461 Å². The van der Waals surface area contributed by atoms with E-state index in [4.69, 9.17) is 18.9 Å². The minimum absolute atomic E-state index is 0.242. The van der Waals surface area contributed by atoms with Crippen molar-refractivity contribution in [1.29, 1.82) is 0 Å². The maximum absolute atomic E-state index is 13.3. The van der Waals surface area contributed by atoms with E-state index in [2.05, 4.69) is 43.5 Å². The Morgan fingerprint density at radius 1 is 0.474 bits per heavy atom. The van der Waals surface area contributed by atoms with Crippen molar-refractivity contribution < 1.29 is 64.6 Å². The summed E-state index contributed by atoms with van der Waals surface area (Å²) in [6.07, 6.45) is 41.7. The fourth-order valence-corrected chi connectivity index (χ4v) is 10.3. The molecule has 2 aliphatic rings. The second-order valence-corrected chi connectivity index (χ2v) is 22.2. The van der Waals surface area contributed by atoms with Crippen molar-refractivity contribution in [3.63, 3.8) is 0 Å². The van der Waals surface area contributed by atoms with E-state index >= 15 is 0 Å². The summed E-state index contributed by atoms with van der Waals surface area (Å²) in [6, 6.07) is -0.917. The van der Waals surface area contributed by atoms with Crippen LogP contribution < -0.4 is 5.32 Å². The average molecular weight is 1080 g/mol. The number of amides is 1. The molecule has 0 aromatic rings. The second-order valence-electron chi connectivity index (χ2n) is 22.2. The smallest absolute Gasteiger partial charge is 0.220 e. The number of ether oxygens (including phenoxy) is 4. The van der Waals surface area contributed by atoms with Crippen molar-refractivity contribution in [3.05, 3.63) is 36.5 Å². The van der Waals surface area contributed by atoms with Crippen LogP contribution in [0.5, 0.6) is 0 Å². The van der Waals surface area contributed by atoms with Crippen LogP contribution in [0.2, 0.25) is 0 Å². The zero-order valence-electron chi connectivity index (χ0n) is 48.0. The van der Waals surface area contributed by atoms with E-state index in [1.807, 2.05) is 6.08 Å². The third kappa shape index (κ3) is 33.1. The summed E-state index contributed by atoms with van der Waals surface area (Å²) < 4.78 is 22.8. The molecular formula is C62H115NO13. The summed E-state index contributed by atoms with van der Waals surface area (Å²) in [6.45, 7) is 2.81. The Morgan fingerprint density at radius 3 is 1.32 bits per heavy atom. The van der Waals surface area contributed by atoms with Crippen LogP contribution in [0.15, 0.2) is 36.5 Å². The number of aliphatic hydroxyl groups is 8. The lowest BCUT2D eigenvalue weighted by Gasteiger charge is -2.46. The molecule has 76 heavy (non-hydrogen) atoms. The van der Waals surface area contributed by atoms with Crippen LogP contribution in [0.1, 0.15) is 258 Å². The van der Waals surface area contributed by atoms with Gasteiger partial charge in [0.05, 0.1) is 32.0 Å². The third-order valence-electron chi connectivity index (χ3n) is 15.3. The van der Waals surface area contributed by atoms with E-state index in [0.29, 0.717) is 6.42 Å². The number of aliphatic hydroxyl groups excluding tert-OH is 8. The molecule has 0 saturated carbocycles. The molecule has 0 aromatic carbocycles. The van der Waals surface area contributed by atoms with Crippen molar-refractivity contribution in [2.45, 2.75) is 331 Å². The molecule has 14 heteroatoms. The van der Waals surface area contributed by atoms with Gasteiger partial charge in [-0.05, 0) is 51.4 Å². The first-order valence-electron chi connectivity index (χ1n) is 31.2. The average Bonchev–Trinajstić information content (AvgIpc) is 3.42. The highest BCUT2D eigenvalue weighted by Gasteiger charge is 2.51. The summed E-state index contributed by atoms with van der Waals surface area (Å²) in [7, 11) is 0. The minimum atomic E-state index is -1.79. The number of hydrogen-bond acceptors (Lipinski definition) is 13. The highest BCUT2D eigenvalue weighted by atomic mass is 16.7. The first kappa shape index (κ1) is 70.3. The minimum Gasteiger partial charge on any atom is -0.394 e. The van der Waals surface area contributed by atoms with Crippen LogP contribution >= 0.6 is 0 Å². The molecule has 0 spiro atoms. The highest BCUT2D eigenvalue weighted by molar-refractivity contribution is 5.76. The van der Waals surface area contributed by atoms with Gasteiger partial charge in [-0.25, -0.2) is 0 Å². The quantitative estimate of drug-likeness (QED) is 0.0204. The van der Waals surface area contributed by atoms with E-state index in [1.54, 1.807) is 6.08 Å². The van der Waals surface area contributed by atoms with E-state index in [1.165, 1.54) is 180 Å². The van der Waals surface area contributed by atoms with Crippen LogP contribution in [0.4, 0.5) is 0 Å². The van der Waals surface area contributed by atoms with Gasteiger partial charge in [0.2, 0.25) is 5.91 Å². The summed E-state index contributed by atoms with van der Waals surface area (Å²) in [5, 5.41) is 87.2. The van der Waals surface area contributed by atoms with Gasteiger partial charge in [-0.2, -0.15) is 0 Å². The molecule has 0 bridgehead atoms. The predicted octanol–water partition coefficient (Wildman–Crippen LogP) is 11.0. The summed E-state index contributed by atoms with van der Waals surface area (Å²) in [5.74, 6) is -0.242. The Hall–Kier alpha value is -1.79. The fourth-order valence-electron chi connectivity index (χ4n) is 10.3. The van der Waals surface area contributed by atoms with Gasteiger partial charge < -0.3 is 65.1 Å². The van der Waals surface area contributed by atoms with Crippen LogP contribution in [0, 0.1) is 0 Å². The predicted molar refractivity (Wildman–Crippen MR) is 305 cm³/mol. The largest absolute Gasteiger partial charge is 0.394 e. The van der Waals surface area contributed by atoms with Gasteiger partial charge in [-0.3, -0.25) is 4.79 Å². The monoisotopic (exact) mass is 1080 g/mol. The lowest BCUT2D eigenvalue weighted by atomic mass is 9.97. The van der Waals surface area contributed by atoms with Crippen molar-refractivity contribution in [2.75, 3.05) is 19.8 Å². The lowest BCUT2D eigenvalue weighted by molar-refractivity contribution is -0.359. The number of unbranched alkanes of at least 4 members (excludes halogenated alkanes) is 33. The molecule has 12 atom stereocenters. The maximum Gasteiger partial charge on any atom is 0.220 e. The standard InChI is InChI=1S/C62H115NO13/c1-3-5-7-9-11-13-15-17-19-21-23-25-27-29-31-33-35-37-39-41-43-45-51(66)50(49-73-61-59(72)57(70)60(53(48-65)75-61)76-62-58(71)56(69)55(68)52(47-64)74-62)63-54(67)46-44-42-40-38-36-34-32-30-28-26-24-22-20-18-16-14-12-10-8-6-4-2/h16,18,22,24,43,45,50-53,55-62,64-66,68-72H,3-15,17,19-21,23,25-42,44,46-49H2,1-2H3,(H,63,67)/b18-16-,24-22-,45-43+. The molecule has 0 aromatic heterocycles. The van der Waals surface area contributed by atoms with E-state index in [9.17, 15) is 45.6 Å². The molecule has 446 valence electrons. The molecule has 0 radical (unpaired) electrons. The number of carbonyl (C=O) groups excluding carboxylic acids is 1. The molecule has 14 nitrogen and oxygen atoms in total. The summed E-state index contributed by atoms with van der Waals surface area (Å²) in [5.41, 5.74) is 0. The summed E-state index contributed by atoms with van der Waals surface area (Å²) in [4.78, 5) is 13.3. The van der Waals surface area contributed by atoms with Gasteiger partial charge in [0.25, 0.3) is 0 Å². The first-order chi connectivity index (χ1) is 37.1. The van der Waals surface area contributed by atoms with Crippen LogP contribution in [-0.2, 0) is 23.7 Å². The molecule has 2 fully saturated rings. The molecule has 2 rings (SSSR count). The highest BCUT2D eigenvalue weighted by Crippen LogP contribution is 2.30. The van der Waals surface area contributed by atoms with E-state index in [0.717, 1.165) is 51.4 Å². The Balaban J connectivity index is 1.76. The number of carbonyl (C=O) groups is 1. The van der Waals surface area contributed by atoms with Gasteiger partial charge in [-0.1, -0.05) is 237 Å². The fraction of sp³-hybridized carbons (Fsp3) is 0.887. The topological polar surface area (TPSA) is 228 Å². The zero-order valence-corrected chi connectivity index (χ0v) is 48.0. The van der Waals surface area contributed by atoms with Gasteiger partial charge >= 0.3 is 0 Å². The Morgan fingerprint density at radius 2 is 0.868 bits per heavy atom. The Bertz CT molecular complexity index is 1410. The van der Waals surface area contributed by atoms with Crippen molar-refractivity contribution in [2.24, 2.45) is 0 Å². The molecule has 12 unspecified atom stereocenters. The van der Waals surface area contributed by atoms with E-state index in [-0.39, 0.29) is 18.9 Å². The molecule has 9 N–H and O–H groups in total. The van der Waals surface area contributed by atoms with Gasteiger partial charge in [0, 0.05) is 6.42 Å². The van der Waals surface area contributed by atoms with Crippen LogP contribution in [0.25, 0.3) is 0 Å². The molecular weight excluding hydrogens is 967 g/mol. The van der Waals surface area contributed by atoms with Crippen molar-refractivity contribution >= 4 is 5.91 Å². The number of rotatable bonds is 50. The van der Waals surface area contributed by atoms with Gasteiger partial charge in [-0.15, -0.1) is 0 Å². The second kappa shape index (κ2) is 48.0. The number of nitrogens with one attached hydrogen (secondary N) is 1. The lowest BCUT2D eigenvalue weighted by Crippen LogP contribution is -2.65. The maximum atomic E-state index is 13.3. The number of allylic oxidation sites excluding steroid dienone is 5. The molecule has 1 amide bonds. The Kier molecular flexibility index (Phi) is 44.4. The van der Waals surface area contributed by atoms with E-state index < -0.39 is 86.8 Å². The van der Waals surface area contributed by atoms with Crippen molar-refractivity contribution in [3.8, 4) is 0 Å². The first-order valence-corrected chi connectivity index (χ1v) is 31.2. The van der Waals surface area contributed by atoms with Crippen LogP contribution in [-0.4, -0.2) is 140 Å². The SMILES string of the molecule is CCCCCCC/C=C\C/C=C\CCCCCCCCCCCC(=O)NC(COC1OC(CO)C(OC2OC(CO)C(O)C(O)C2O)C(O)C1O)C(O)/C=C/CCCCCCCCCCCCCCCCCCCCC. The summed E-state index contributed by atoms with van der Waals surface area (Å²) >= 11 is 0. The van der Waals surface area contributed by atoms with Gasteiger partial charge in [0.1, 0.15) is 48.8 Å². The van der Waals surface area contributed by atoms with Crippen LogP contribution in [0.3, 0.4) is 0 Å². The van der Waals surface area contributed by atoms with Gasteiger partial charge in [0.15, 0.2) is 12.6 Å². The van der Waals surface area contributed by atoms with Crippen molar-refractivity contribution in [1.82, 2.24) is 5.32 Å². The molecule has 0 aliphatic carbocycles. The zero-order chi connectivity index (χ0) is 55.3. The normalized spacial score (nSPS) is 25.1. The molecule has 2 saturated heterocycles. The number of hydrogen-bond donors (Lipinski definition) is 9. The molecule has 2 aliphatic heterocycles. The molecule has 2 heterocycles. The third-order valence-corrected chi connectivity index (χ3v) is 15.3.